The van der Waals surface area contributed by atoms with E-state index in [1.54, 1.807) is 18.2 Å². The molecular formula is C20H25ClN2O4. The number of para-hydroxylation sites is 1. The Morgan fingerprint density at radius 2 is 1.85 bits per heavy atom. The smallest absolute Gasteiger partial charge is 0.337 e. The van der Waals surface area contributed by atoms with Crippen molar-refractivity contribution in [1.29, 1.82) is 0 Å². The molecule has 0 atom stereocenters. The second-order valence-corrected chi connectivity index (χ2v) is 6.12. The maximum absolute atomic E-state index is 12.4. The van der Waals surface area contributed by atoms with E-state index in [9.17, 15) is 9.59 Å². The highest BCUT2D eigenvalue weighted by atomic mass is 35.5. The molecule has 0 heterocycles. The third-order valence-electron chi connectivity index (χ3n) is 3.71. The van der Waals surface area contributed by atoms with Crippen molar-refractivity contribution in [2.75, 3.05) is 18.2 Å². The first-order chi connectivity index (χ1) is 12.4. The molecule has 0 unspecified atom stereocenters. The van der Waals surface area contributed by atoms with Crippen molar-refractivity contribution in [3.63, 3.8) is 0 Å². The van der Waals surface area contributed by atoms with Gasteiger partial charge in [0.15, 0.2) is 0 Å². The van der Waals surface area contributed by atoms with Crippen LogP contribution in [0.3, 0.4) is 0 Å². The Labute approximate surface area is 165 Å². The zero-order valence-corrected chi connectivity index (χ0v) is 16.5. The monoisotopic (exact) mass is 392 g/mol. The summed E-state index contributed by atoms with van der Waals surface area (Å²) in [7, 11) is 1.31. The fourth-order valence-corrected chi connectivity index (χ4v) is 2.45. The number of halogens is 1. The van der Waals surface area contributed by atoms with E-state index in [4.69, 9.17) is 15.2 Å². The predicted octanol–water partition coefficient (Wildman–Crippen LogP) is 3.84. The highest BCUT2D eigenvalue weighted by Crippen LogP contribution is 2.27. The summed E-state index contributed by atoms with van der Waals surface area (Å²) < 4.78 is 10.4. The van der Waals surface area contributed by atoms with Gasteiger partial charge in [0, 0.05) is 12.1 Å². The molecule has 0 aliphatic heterocycles. The molecule has 0 radical (unpaired) electrons. The normalized spacial score (nSPS) is 10.1. The molecule has 0 aromatic heterocycles. The standard InChI is InChI=1S/C20H24N2O4.ClH/c1-13(2)26-18-10-8-15(20(24)25-3)12-17(18)22-19(23)11-9-14-6-4-5-7-16(14)21;/h4-8,10,12-13H,9,11,21H2,1-3H3,(H,22,23);1H. The molecule has 0 aliphatic rings. The van der Waals surface area contributed by atoms with E-state index in [1.807, 2.05) is 38.1 Å². The molecule has 2 aromatic rings. The highest BCUT2D eigenvalue weighted by molar-refractivity contribution is 5.96. The van der Waals surface area contributed by atoms with Gasteiger partial charge in [-0.1, -0.05) is 18.2 Å². The van der Waals surface area contributed by atoms with Crippen LogP contribution >= 0.6 is 12.4 Å². The topological polar surface area (TPSA) is 90.6 Å². The number of amides is 1. The number of nitrogens with two attached hydrogens (primary N) is 1. The number of hydrogen-bond donors (Lipinski definition) is 2. The Bertz CT molecular complexity index is 793. The minimum Gasteiger partial charge on any atom is -0.489 e. The van der Waals surface area contributed by atoms with Gasteiger partial charge in [-0.2, -0.15) is 0 Å². The molecule has 0 spiro atoms. The quantitative estimate of drug-likeness (QED) is 0.552. The molecule has 2 aromatic carbocycles. The van der Waals surface area contributed by atoms with Crippen LogP contribution in [0.5, 0.6) is 5.75 Å². The lowest BCUT2D eigenvalue weighted by Gasteiger charge is -2.16. The van der Waals surface area contributed by atoms with Crippen LogP contribution in [-0.4, -0.2) is 25.1 Å². The number of nitrogen functional groups attached to an aromatic ring is 1. The van der Waals surface area contributed by atoms with Gasteiger partial charge in [0.25, 0.3) is 0 Å². The number of benzene rings is 2. The molecule has 6 nitrogen and oxygen atoms in total. The summed E-state index contributed by atoms with van der Waals surface area (Å²) in [5.74, 6) is -0.169. The van der Waals surface area contributed by atoms with Crippen LogP contribution in [0.1, 0.15) is 36.2 Å². The lowest BCUT2D eigenvalue weighted by Crippen LogP contribution is -2.16. The van der Waals surface area contributed by atoms with Crippen LogP contribution < -0.4 is 15.8 Å². The van der Waals surface area contributed by atoms with Gasteiger partial charge in [0.1, 0.15) is 5.75 Å². The zero-order valence-electron chi connectivity index (χ0n) is 15.7. The van der Waals surface area contributed by atoms with E-state index >= 15 is 0 Å². The number of carbonyl (C=O) groups excluding carboxylic acids is 2. The molecule has 0 saturated carbocycles. The molecule has 0 aliphatic carbocycles. The molecule has 1 amide bonds. The van der Waals surface area contributed by atoms with Crippen LogP contribution in [0, 0.1) is 0 Å². The molecule has 27 heavy (non-hydrogen) atoms. The summed E-state index contributed by atoms with van der Waals surface area (Å²) in [5.41, 5.74) is 8.27. The van der Waals surface area contributed by atoms with Gasteiger partial charge < -0.3 is 20.5 Å². The van der Waals surface area contributed by atoms with Crippen molar-refractivity contribution < 1.29 is 19.1 Å². The van der Waals surface area contributed by atoms with Crippen LogP contribution in [-0.2, 0) is 16.0 Å². The van der Waals surface area contributed by atoms with Crippen LogP contribution in [0.4, 0.5) is 11.4 Å². The van der Waals surface area contributed by atoms with Crippen molar-refractivity contribution in [1.82, 2.24) is 0 Å². The predicted molar refractivity (Wildman–Crippen MR) is 109 cm³/mol. The summed E-state index contributed by atoms with van der Waals surface area (Å²) >= 11 is 0. The third kappa shape index (κ3) is 6.49. The largest absolute Gasteiger partial charge is 0.489 e. The van der Waals surface area contributed by atoms with E-state index in [-0.39, 0.29) is 30.8 Å². The maximum atomic E-state index is 12.4. The van der Waals surface area contributed by atoms with Gasteiger partial charge in [-0.25, -0.2) is 4.79 Å². The Balaban J connectivity index is 0.00000364. The van der Waals surface area contributed by atoms with Crippen molar-refractivity contribution in [2.45, 2.75) is 32.8 Å². The Kier molecular flexibility index (Phi) is 8.62. The number of methoxy groups -OCH3 is 1. The first kappa shape index (κ1) is 22.3. The summed E-state index contributed by atoms with van der Waals surface area (Å²) in [6, 6.07) is 12.2. The average Bonchev–Trinajstić information content (AvgIpc) is 2.61. The molecule has 0 saturated heterocycles. The number of esters is 1. The van der Waals surface area contributed by atoms with Gasteiger partial charge in [0.2, 0.25) is 5.91 Å². The highest BCUT2D eigenvalue weighted by Gasteiger charge is 2.14. The van der Waals surface area contributed by atoms with Gasteiger partial charge >= 0.3 is 5.97 Å². The van der Waals surface area contributed by atoms with Crippen molar-refractivity contribution in [3.05, 3.63) is 53.6 Å². The number of nitrogens with one attached hydrogen (secondary N) is 1. The number of anilines is 2. The SMILES string of the molecule is COC(=O)c1ccc(OC(C)C)c(NC(=O)CCc2ccccc2N)c1.Cl. The summed E-state index contributed by atoms with van der Waals surface area (Å²) in [4.78, 5) is 24.1. The second-order valence-electron chi connectivity index (χ2n) is 6.12. The van der Waals surface area contributed by atoms with Gasteiger partial charge in [-0.15, -0.1) is 12.4 Å². The van der Waals surface area contributed by atoms with Crippen molar-refractivity contribution >= 4 is 35.7 Å². The first-order valence-corrected chi connectivity index (χ1v) is 8.43. The second kappa shape index (κ2) is 10.4. The number of hydrogen-bond acceptors (Lipinski definition) is 5. The lowest BCUT2D eigenvalue weighted by molar-refractivity contribution is -0.116. The van der Waals surface area contributed by atoms with Crippen molar-refractivity contribution in [3.8, 4) is 5.75 Å². The fourth-order valence-electron chi connectivity index (χ4n) is 2.45. The van der Waals surface area contributed by atoms with Crippen molar-refractivity contribution in [2.24, 2.45) is 0 Å². The lowest BCUT2D eigenvalue weighted by atomic mass is 10.1. The minimum atomic E-state index is -0.478. The molecule has 3 N–H and O–H groups in total. The molecule has 2 rings (SSSR count). The van der Waals surface area contributed by atoms with E-state index in [0.717, 1.165) is 5.56 Å². The van der Waals surface area contributed by atoms with Crippen LogP contribution in [0.25, 0.3) is 0 Å². The first-order valence-electron chi connectivity index (χ1n) is 8.43. The zero-order chi connectivity index (χ0) is 19.1. The van der Waals surface area contributed by atoms with E-state index in [1.165, 1.54) is 7.11 Å². The fraction of sp³-hybridized carbons (Fsp3) is 0.300. The van der Waals surface area contributed by atoms with Gasteiger partial charge in [-0.05, 0) is 50.1 Å². The minimum absolute atomic E-state index is 0. The summed E-state index contributed by atoms with van der Waals surface area (Å²) in [5, 5.41) is 2.81. The molecule has 0 bridgehead atoms. The molecule has 0 fully saturated rings. The number of aryl methyl sites for hydroxylation is 1. The van der Waals surface area contributed by atoms with Gasteiger partial charge in [0.05, 0.1) is 24.5 Å². The van der Waals surface area contributed by atoms with Gasteiger partial charge in [-0.3, -0.25) is 4.79 Å². The third-order valence-corrected chi connectivity index (χ3v) is 3.71. The van der Waals surface area contributed by atoms with E-state index in [2.05, 4.69) is 5.32 Å². The van der Waals surface area contributed by atoms with E-state index < -0.39 is 5.97 Å². The summed E-state index contributed by atoms with van der Waals surface area (Å²) in [6.45, 7) is 3.77. The number of rotatable bonds is 7. The average molecular weight is 393 g/mol. The Hall–Kier alpha value is -2.73. The maximum Gasteiger partial charge on any atom is 0.337 e. The number of ether oxygens (including phenoxy) is 2. The molecular weight excluding hydrogens is 368 g/mol. The van der Waals surface area contributed by atoms with Crippen LogP contribution in [0.2, 0.25) is 0 Å². The van der Waals surface area contributed by atoms with Crippen LogP contribution in [0.15, 0.2) is 42.5 Å². The summed E-state index contributed by atoms with van der Waals surface area (Å²) in [6.07, 6.45) is 0.714. The van der Waals surface area contributed by atoms with E-state index in [0.29, 0.717) is 29.1 Å². The molecule has 7 heteroatoms. The Morgan fingerprint density at radius 3 is 2.48 bits per heavy atom. The Morgan fingerprint density at radius 1 is 1.15 bits per heavy atom. The number of carbonyl (C=O) groups is 2. The molecule has 146 valence electrons.